The maximum absolute atomic E-state index is 6.06. The smallest absolute Gasteiger partial charge is 0.225 e. The predicted molar refractivity (Wildman–Crippen MR) is 89.3 cm³/mol. The number of halogens is 1. The molecule has 3 rings (SSSR count). The molecule has 4 nitrogen and oxygen atoms in total. The van der Waals surface area contributed by atoms with Crippen molar-refractivity contribution in [2.75, 3.05) is 18.0 Å². The number of piperidine rings is 1. The van der Waals surface area contributed by atoms with Crippen LogP contribution in [0.15, 0.2) is 34.9 Å². The monoisotopic (exact) mass is 346 g/mol. The Bertz CT molecular complexity index is 644. The van der Waals surface area contributed by atoms with Crippen LogP contribution in [-0.4, -0.2) is 29.1 Å². The van der Waals surface area contributed by atoms with E-state index in [0.717, 1.165) is 53.2 Å². The lowest BCUT2D eigenvalue weighted by Gasteiger charge is -2.31. The molecule has 1 aromatic carbocycles. The first-order valence-electron chi connectivity index (χ1n) is 7.23. The number of aromatic nitrogens is 2. The van der Waals surface area contributed by atoms with Crippen LogP contribution in [0.5, 0.6) is 0 Å². The van der Waals surface area contributed by atoms with Crippen LogP contribution in [0, 0.1) is 6.92 Å². The molecule has 1 aliphatic rings. The zero-order valence-corrected chi connectivity index (χ0v) is 13.7. The minimum atomic E-state index is 0.220. The van der Waals surface area contributed by atoms with Crippen molar-refractivity contribution in [3.05, 3.63) is 40.5 Å². The highest BCUT2D eigenvalue weighted by atomic mass is 79.9. The summed E-state index contributed by atoms with van der Waals surface area (Å²) in [6.07, 6.45) is 4.09. The van der Waals surface area contributed by atoms with Gasteiger partial charge in [-0.15, -0.1) is 0 Å². The number of anilines is 1. The quantitative estimate of drug-likeness (QED) is 0.907. The number of hydrogen-bond acceptors (Lipinski definition) is 4. The molecular weight excluding hydrogens is 328 g/mol. The number of aryl methyl sites for hydroxylation is 1. The zero-order valence-electron chi connectivity index (χ0n) is 12.1. The average Bonchev–Trinajstić information content (AvgIpc) is 2.47. The van der Waals surface area contributed by atoms with Crippen molar-refractivity contribution in [3.8, 4) is 11.3 Å². The molecule has 0 saturated carbocycles. The summed E-state index contributed by atoms with van der Waals surface area (Å²) >= 11 is 3.52. The topological polar surface area (TPSA) is 55.0 Å². The molecule has 0 radical (unpaired) electrons. The minimum Gasteiger partial charge on any atom is -0.339 e. The van der Waals surface area contributed by atoms with E-state index in [-0.39, 0.29) is 6.04 Å². The Balaban J connectivity index is 1.96. The van der Waals surface area contributed by atoms with Crippen LogP contribution >= 0.6 is 15.9 Å². The Morgan fingerprint density at radius 3 is 3.00 bits per heavy atom. The summed E-state index contributed by atoms with van der Waals surface area (Å²) < 4.78 is 1.06. The van der Waals surface area contributed by atoms with Crippen LogP contribution in [0.4, 0.5) is 5.95 Å². The van der Waals surface area contributed by atoms with Crippen molar-refractivity contribution in [1.29, 1.82) is 0 Å². The number of nitrogens with two attached hydrogens (primary N) is 1. The van der Waals surface area contributed by atoms with Crippen LogP contribution in [-0.2, 0) is 0 Å². The zero-order chi connectivity index (χ0) is 14.8. The summed E-state index contributed by atoms with van der Waals surface area (Å²) in [5, 5.41) is 0. The van der Waals surface area contributed by atoms with E-state index >= 15 is 0 Å². The van der Waals surface area contributed by atoms with Gasteiger partial charge in [0.2, 0.25) is 5.95 Å². The molecule has 1 aliphatic heterocycles. The molecule has 110 valence electrons. The minimum absolute atomic E-state index is 0.220. The fraction of sp³-hybridized carbons (Fsp3) is 0.375. The van der Waals surface area contributed by atoms with E-state index < -0.39 is 0 Å². The lowest BCUT2D eigenvalue weighted by atomic mass is 10.1. The van der Waals surface area contributed by atoms with Gasteiger partial charge in [-0.1, -0.05) is 28.1 Å². The molecule has 2 aromatic rings. The lowest BCUT2D eigenvalue weighted by molar-refractivity contribution is 0.500. The van der Waals surface area contributed by atoms with E-state index in [1.807, 2.05) is 25.3 Å². The third-order valence-corrected chi connectivity index (χ3v) is 4.29. The molecule has 1 fully saturated rings. The molecule has 0 spiro atoms. The molecule has 0 aliphatic carbocycles. The molecule has 1 unspecified atom stereocenters. The van der Waals surface area contributed by atoms with Gasteiger partial charge in [-0.25, -0.2) is 9.97 Å². The summed E-state index contributed by atoms with van der Waals surface area (Å²) in [7, 11) is 0. The lowest BCUT2D eigenvalue weighted by Crippen LogP contribution is -2.43. The highest BCUT2D eigenvalue weighted by Crippen LogP contribution is 2.26. The fourth-order valence-corrected chi connectivity index (χ4v) is 3.10. The van der Waals surface area contributed by atoms with Gasteiger partial charge in [-0.3, -0.25) is 0 Å². The summed E-state index contributed by atoms with van der Waals surface area (Å²) in [6.45, 7) is 3.86. The third-order valence-electron chi connectivity index (χ3n) is 3.80. The second-order valence-electron chi connectivity index (χ2n) is 5.56. The molecule has 1 saturated heterocycles. The Labute approximate surface area is 133 Å². The molecule has 0 amide bonds. The summed E-state index contributed by atoms with van der Waals surface area (Å²) in [5.74, 6) is 0.783. The standard InChI is InChI=1S/C16H19BrN4/c1-11-9-19-16(21-7-3-6-14(18)10-21)20-15(11)12-4-2-5-13(17)8-12/h2,4-5,8-9,14H,3,6-7,10,18H2,1H3. The SMILES string of the molecule is Cc1cnc(N2CCCC(N)C2)nc1-c1cccc(Br)c1. The van der Waals surface area contributed by atoms with Crippen molar-refractivity contribution in [3.63, 3.8) is 0 Å². The Kier molecular flexibility index (Phi) is 4.22. The Morgan fingerprint density at radius 2 is 2.24 bits per heavy atom. The highest BCUT2D eigenvalue weighted by Gasteiger charge is 2.19. The summed E-state index contributed by atoms with van der Waals surface area (Å²) in [5.41, 5.74) is 9.23. The van der Waals surface area contributed by atoms with Crippen LogP contribution in [0.2, 0.25) is 0 Å². The van der Waals surface area contributed by atoms with Crippen molar-refractivity contribution in [1.82, 2.24) is 9.97 Å². The van der Waals surface area contributed by atoms with Gasteiger partial charge in [0, 0.05) is 35.4 Å². The Hall–Kier alpha value is -1.46. The third kappa shape index (κ3) is 3.24. The van der Waals surface area contributed by atoms with E-state index in [0.29, 0.717) is 0 Å². The second kappa shape index (κ2) is 6.12. The molecule has 21 heavy (non-hydrogen) atoms. The van der Waals surface area contributed by atoms with E-state index in [9.17, 15) is 0 Å². The van der Waals surface area contributed by atoms with Crippen LogP contribution in [0.25, 0.3) is 11.3 Å². The van der Waals surface area contributed by atoms with E-state index in [1.165, 1.54) is 0 Å². The van der Waals surface area contributed by atoms with Gasteiger partial charge in [0.05, 0.1) is 5.69 Å². The first-order valence-corrected chi connectivity index (χ1v) is 8.03. The van der Waals surface area contributed by atoms with Gasteiger partial charge in [-0.2, -0.15) is 0 Å². The summed E-state index contributed by atoms with van der Waals surface area (Å²) in [4.78, 5) is 11.5. The molecule has 1 aromatic heterocycles. The molecular formula is C16H19BrN4. The Morgan fingerprint density at radius 1 is 1.38 bits per heavy atom. The highest BCUT2D eigenvalue weighted by molar-refractivity contribution is 9.10. The maximum Gasteiger partial charge on any atom is 0.225 e. The second-order valence-corrected chi connectivity index (χ2v) is 6.48. The first-order chi connectivity index (χ1) is 10.1. The first kappa shape index (κ1) is 14.5. The molecule has 5 heteroatoms. The van der Waals surface area contributed by atoms with Crippen molar-refractivity contribution >= 4 is 21.9 Å². The van der Waals surface area contributed by atoms with E-state index in [1.54, 1.807) is 0 Å². The van der Waals surface area contributed by atoms with Gasteiger partial charge < -0.3 is 10.6 Å². The molecule has 2 N–H and O–H groups in total. The van der Waals surface area contributed by atoms with Crippen LogP contribution < -0.4 is 10.6 Å². The number of nitrogens with zero attached hydrogens (tertiary/aromatic N) is 3. The average molecular weight is 347 g/mol. The number of benzene rings is 1. The van der Waals surface area contributed by atoms with Crippen molar-refractivity contribution < 1.29 is 0 Å². The van der Waals surface area contributed by atoms with Gasteiger partial charge in [-0.05, 0) is 37.5 Å². The number of hydrogen-bond donors (Lipinski definition) is 1. The van der Waals surface area contributed by atoms with Gasteiger partial charge in [0.25, 0.3) is 0 Å². The predicted octanol–water partition coefficient (Wildman–Crippen LogP) is 3.14. The molecule has 2 heterocycles. The number of rotatable bonds is 2. The van der Waals surface area contributed by atoms with Gasteiger partial charge in [0.15, 0.2) is 0 Å². The maximum atomic E-state index is 6.06. The van der Waals surface area contributed by atoms with Crippen molar-refractivity contribution in [2.45, 2.75) is 25.8 Å². The van der Waals surface area contributed by atoms with Crippen LogP contribution in [0.3, 0.4) is 0 Å². The van der Waals surface area contributed by atoms with Crippen LogP contribution in [0.1, 0.15) is 18.4 Å². The van der Waals surface area contributed by atoms with Gasteiger partial charge >= 0.3 is 0 Å². The van der Waals surface area contributed by atoms with E-state index in [2.05, 4.69) is 37.9 Å². The largest absolute Gasteiger partial charge is 0.339 e. The molecule has 1 atom stereocenters. The molecule has 0 bridgehead atoms. The van der Waals surface area contributed by atoms with Crippen molar-refractivity contribution in [2.24, 2.45) is 5.73 Å². The van der Waals surface area contributed by atoms with Gasteiger partial charge in [0.1, 0.15) is 0 Å². The normalized spacial score (nSPS) is 18.8. The fourth-order valence-electron chi connectivity index (χ4n) is 2.70. The van der Waals surface area contributed by atoms with E-state index in [4.69, 9.17) is 10.7 Å². The summed E-state index contributed by atoms with van der Waals surface area (Å²) in [6, 6.07) is 8.42.